The van der Waals surface area contributed by atoms with E-state index in [-0.39, 0.29) is 29.6 Å². The molecule has 1 atom stereocenters. The van der Waals surface area contributed by atoms with Crippen LogP contribution in [0, 0.1) is 10.1 Å². The topological polar surface area (TPSA) is 81.9 Å². The summed E-state index contributed by atoms with van der Waals surface area (Å²) in [5.74, 6) is -0.679. The first kappa shape index (κ1) is 17.2. The predicted molar refractivity (Wildman–Crippen MR) is 85.9 cm³/mol. The Kier molecular flexibility index (Phi) is 4.89. The van der Waals surface area contributed by atoms with E-state index >= 15 is 0 Å². The van der Waals surface area contributed by atoms with Crippen molar-refractivity contribution in [3.63, 3.8) is 0 Å². The zero-order chi connectivity index (χ0) is 17.2. The molecule has 0 aliphatic carbocycles. The van der Waals surface area contributed by atoms with Crippen molar-refractivity contribution in [1.82, 2.24) is 0 Å². The third-order valence-electron chi connectivity index (χ3n) is 3.61. The molecule has 1 heterocycles. The van der Waals surface area contributed by atoms with Gasteiger partial charge in [-0.05, 0) is 39.8 Å². The van der Waals surface area contributed by atoms with E-state index in [1.54, 1.807) is 13.0 Å². The summed E-state index contributed by atoms with van der Waals surface area (Å²) in [5.41, 5.74) is 0.157. The molecule has 7 heteroatoms. The van der Waals surface area contributed by atoms with E-state index in [0.29, 0.717) is 13.1 Å². The van der Waals surface area contributed by atoms with Crippen LogP contribution in [-0.4, -0.2) is 42.3 Å². The average Bonchev–Trinajstić information content (AvgIpc) is 2.44. The lowest BCUT2D eigenvalue weighted by atomic mass is 10.0. The Labute approximate surface area is 135 Å². The van der Waals surface area contributed by atoms with Crippen LogP contribution in [0.4, 0.5) is 11.4 Å². The van der Waals surface area contributed by atoms with Crippen molar-refractivity contribution in [3.8, 4) is 0 Å². The van der Waals surface area contributed by atoms with Crippen LogP contribution in [0.1, 0.15) is 38.1 Å². The molecule has 1 saturated heterocycles. The third kappa shape index (κ3) is 3.98. The van der Waals surface area contributed by atoms with Gasteiger partial charge in [-0.2, -0.15) is 0 Å². The second kappa shape index (κ2) is 6.54. The minimum atomic E-state index is -0.679. The van der Waals surface area contributed by atoms with Gasteiger partial charge in [0.05, 0.1) is 23.2 Å². The molecule has 2 rings (SSSR count). The lowest BCUT2D eigenvalue weighted by molar-refractivity contribution is -0.385. The molecule has 0 spiro atoms. The smallest absolute Gasteiger partial charge is 0.345 e. The highest BCUT2D eigenvalue weighted by atomic mass is 16.6. The van der Waals surface area contributed by atoms with Crippen LogP contribution < -0.4 is 4.90 Å². The average molecular weight is 322 g/mol. The van der Waals surface area contributed by atoms with E-state index in [9.17, 15) is 14.9 Å². The number of carbonyl (C=O) groups is 1. The highest BCUT2D eigenvalue weighted by molar-refractivity contribution is 5.95. The van der Waals surface area contributed by atoms with E-state index in [1.165, 1.54) is 12.1 Å². The van der Waals surface area contributed by atoms with Gasteiger partial charge in [-0.25, -0.2) is 4.79 Å². The summed E-state index contributed by atoms with van der Waals surface area (Å²) in [4.78, 5) is 24.7. The summed E-state index contributed by atoms with van der Waals surface area (Å²) in [6, 6.07) is 4.55. The Balaban J connectivity index is 2.38. The van der Waals surface area contributed by atoms with Crippen molar-refractivity contribution in [2.75, 3.05) is 24.6 Å². The van der Waals surface area contributed by atoms with Crippen molar-refractivity contribution in [1.29, 1.82) is 0 Å². The number of hydrogen-bond donors (Lipinski definition) is 0. The van der Waals surface area contributed by atoms with E-state index in [0.717, 1.165) is 5.69 Å². The van der Waals surface area contributed by atoms with Crippen molar-refractivity contribution >= 4 is 17.3 Å². The molecule has 1 aromatic rings. The highest BCUT2D eigenvalue weighted by Crippen LogP contribution is 2.30. The van der Waals surface area contributed by atoms with Crippen LogP contribution in [0.25, 0.3) is 0 Å². The van der Waals surface area contributed by atoms with Crippen LogP contribution in [-0.2, 0) is 9.47 Å². The van der Waals surface area contributed by atoms with Crippen LogP contribution in [0.15, 0.2) is 18.2 Å². The maximum atomic E-state index is 12.0. The minimum absolute atomic E-state index is 0.0219. The van der Waals surface area contributed by atoms with Crippen LogP contribution in [0.3, 0.4) is 0 Å². The van der Waals surface area contributed by atoms with Crippen molar-refractivity contribution in [2.45, 2.75) is 39.4 Å². The highest BCUT2D eigenvalue weighted by Gasteiger charge is 2.32. The van der Waals surface area contributed by atoms with E-state index in [4.69, 9.17) is 9.47 Å². The van der Waals surface area contributed by atoms with Gasteiger partial charge in [0.1, 0.15) is 5.56 Å². The number of esters is 1. The second-order valence-corrected chi connectivity index (χ2v) is 6.25. The summed E-state index contributed by atoms with van der Waals surface area (Å²) in [7, 11) is 0. The molecule has 0 amide bonds. The first-order chi connectivity index (χ1) is 10.7. The van der Waals surface area contributed by atoms with Gasteiger partial charge in [-0.3, -0.25) is 10.1 Å². The predicted octanol–water partition coefficient (Wildman–Crippen LogP) is 2.78. The summed E-state index contributed by atoms with van der Waals surface area (Å²) < 4.78 is 10.8. The lowest BCUT2D eigenvalue weighted by Gasteiger charge is -2.43. The molecule has 0 saturated carbocycles. The molecule has 0 aromatic heterocycles. The molecule has 1 aliphatic rings. The van der Waals surface area contributed by atoms with Crippen LogP contribution in [0.2, 0.25) is 0 Å². The number of benzene rings is 1. The standard InChI is InChI=1S/C16H22N2O5/c1-5-22-15(19)13-8-12(6-7-14(13)18(20)21)17-9-11(2)23-16(3,4)10-17/h6-8,11H,5,9-10H2,1-4H3/t11-/m0/s1. The van der Waals surface area contributed by atoms with Gasteiger partial charge >= 0.3 is 5.97 Å². The number of morpholine rings is 1. The minimum Gasteiger partial charge on any atom is -0.462 e. The molecular weight excluding hydrogens is 300 g/mol. The summed E-state index contributed by atoms with van der Waals surface area (Å²) in [5, 5.41) is 11.1. The number of nitrogens with zero attached hydrogens (tertiary/aromatic N) is 2. The van der Waals surface area contributed by atoms with Gasteiger partial charge in [0, 0.05) is 24.8 Å². The molecule has 0 unspecified atom stereocenters. The zero-order valence-corrected chi connectivity index (χ0v) is 13.9. The van der Waals surface area contributed by atoms with Gasteiger partial charge < -0.3 is 14.4 Å². The lowest BCUT2D eigenvalue weighted by Crippen LogP contribution is -2.52. The molecule has 23 heavy (non-hydrogen) atoms. The molecule has 0 N–H and O–H groups in total. The van der Waals surface area contributed by atoms with Crippen molar-refractivity contribution in [3.05, 3.63) is 33.9 Å². The van der Waals surface area contributed by atoms with Gasteiger partial charge in [0.25, 0.3) is 5.69 Å². The maximum absolute atomic E-state index is 12.0. The molecule has 126 valence electrons. The molecule has 1 aromatic carbocycles. The Morgan fingerprint density at radius 2 is 2.22 bits per heavy atom. The van der Waals surface area contributed by atoms with Gasteiger partial charge in [0.2, 0.25) is 0 Å². The van der Waals surface area contributed by atoms with Crippen LogP contribution in [0.5, 0.6) is 0 Å². The Morgan fingerprint density at radius 3 is 2.78 bits per heavy atom. The second-order valence-electron chi connectivity index (χ2n) is 6.25. The Morgan fingerprint density at radius 1 is 1.52 bits per heavy atom. The SMILES string of the molecule is CCOC(=O)c1cc(N2C[C@H](C)OC(C)(C)C2)ccc1[N+](=O)[O-]. The molecular formula is C16H22N2O5. The summed E-state index contributed by atoms with van der Waals surface area (Å²) in [6.07, 6.45) is 0.0278. The summed E-state index contributed by atoms with van der Waals surface area (Å²) >= 11 is 0. The van der Waals surface area contributed by atoms with Gasteiger partial charge in [-0.15, -0.1) is 0 Å². The fourth-order valence-electron chi connectivity index (χ4n) is 2.90. The number of ether oxygens (including phenoxy) is 2. The summed E-state index contributed by atoms with van der Waals surface area (Å²) in [6.45, 7) is 9.09. The number of nitro benzene ring substituents is 1. The number of rotatable bonds is 4. The number of hydrogen-bond acceptors (Lipinski definition) is 6. The molecule has 1 fully saturated rings. The molecule has 0 radical (unpaired) electrons. The van der Waals surface area contributed by atoms with Crippen LogP contribution >= 0.6 is 0 Å². The normalized spacial score (nSPS) is 20.2. The van der Waals surface area contributed by atoms with Gasteiger partial charge in [-0.1, -0.05) is 0 Å². The number of anilines is 1. The Hall–Kier alpha value is -2.15. The largest absolute Gasteiger partial charge is 0.462 e. The van der Waals surface area contributed by atoms with Crippen molar-refractivity contribution in [2.24, 2.45) is 0 Å². The first-order valence-electron chi connectivity index (χ1n) is 7.62. The molecule has 7 nitrogen and oxygen atoms in total. The number of carbonyl (C=O) groups excluding carboxylic acids is 1. The third-order valence-corrected chi connectivity index (χ3v) is 3.61. The van der Waals surface area contributed by atoms with Crippen molar-refractivity contribution < 1.29 is 19.2 Å². The fourth-order valence-corrected chi connectivity index (χ4v) is 2.90. The number of nitro groups is 1. The van der Waals surface area contributed by atoms with E-state index < -0.39 is 10.9 Å². The maximum Gasteiger partial charge on any atom is 0.345 e. The first-order valence-corrected chi connectivity index (χ1v) is 7.62. The monoisotopic (exact) mass is 322 g/mol. The zero-order valence-electron chi connectivity index (χ0n) is 13.9. The van der Waals surface area contributed by atoms with E-state index in [1.807, 2.05) is 20.8 Å². The van der Waals surface area contributed by atoms with E-state index in [2.05, 4.69) is 4.90 Å². The quantitative estimate of drug-likeness (QED) is 0.481. The fraction of sp³-hybridized carbons (Fsp3) is 0.562. The molecule has 1 aliphatic heterocycles. The van der Waals surface area contributed by atoms with Gasteiger partial charge in [0.15, 0.2) is 0 Å². The Bertz CT molecular complexity index is 614. The molecule has 0 bridgehead atoms.